The lowest BCUT2D eigenvalue weighted by Gasteiger charge is -2.41. The molecule has 2 unspecified atom stereocenters. The van der Waals surface area contributed by atoms with Crippen LogP contribution in [0.5, 0.6) is 5.75 Å². The van der Waals surface area contributed by atoms with Gasteiger partial charge in [0, 0.05) is 0 Å². The maximum atomic E-state index is 14.7. The van der Waals surface area contributed by atoms with Crippen LogP contribution >= 0.6 is 0 Å². The highest BCUT2D eigenvalue weighted by Crippen LogP contribution is 2.48. The third-order valence-corrected chi connectivity index (χ3v) is 6.63. The van der Waals surface area contributed by atoms with Crippen molar-refractivity contribution in [2.24, 2.45) is 17.8 Å². The van der Waals surface area contributed by atoms with Gasteiger partial charge in [-0.3, -0.25) is 0 Å². The summed E-state index contributed by atoms with van der Waals surface area (Å²) >= 11 is 0. The van der Waals surface area contributed by atoms with Gasteiger partial charge in [0.25, 0.3) is 0 Å². The molecular formula is C22H22F6O. The zero-order valence-corrected chi connectivity index (χ0v) is 16.0. The van der Waals surface area contributed by atoms with Crippen LogP contribution in [0.1, 0.15) is 56.9 Å². The first-order chi connectivity index (χ1) is 13.6. The zero-order valence-electron chi connectivity index (χ0n) is 16.0. The fourth-order valence-electron chi connectivity index (χ4n) is 5.29. The summed E-state index contributed by atoms with van der Waals surface area (Å²) < 4.78 is 83.9. The molecule has 0 amide bonds. The normalized spacial score (nSPS) is 27.7. The molecule has 7 heteroatoms. The molecule has 4 atom stereocenters. The average molecular weight is 416 g/mol. The highest BCUT2D eigenvalue weighted by Gasteiger charge is 2.37. The molecule has 4 rings (SSSR count). The topological polar surface area (TPSA) is 9.23 Å². The van der Waals surface area contributed by atoms with Crippen LogP contribution in [-0.4, -0.2) is 6.36 Å². The van der Waals surface area contributed by atoms with Crippen molar-refractivity contribution in [3.63, 3.8) is 0 Å². The van der Waals surface area contributed by atoms with Gasteiger partial charge in [0.15, 0.2) is 11.6 Å². The van der Waals surface area contributed by atoms with Gasteiger partial charge in [-0.15, -0.1) is 13.2 Å². The van der Waals surface area contributed by atoms with Gasteiger partial charge in [0.1, 0.15) is 5.82 Å². The van der Waals surface area contributed by atoms with E-state index in [2.05, 4.69) is 11.7 Å². The number of fused-ring (bicyclic) bond motifs is 2. The number of ether oxygens (including phenoxy) is 1. The van der Waals surface area contributed by atoms with Crippen molar-refractivity contribution in [1.29, 1.82) is 0 Å². The summed E-state index contributed by atoms with van der Waals surface area (Å²) in [6.45, 7) is 2.26. The van der Waals surface area contributed by atoms with Gasteiger partial charge in [0.05, 0.1) is 5.39 Å². The van der Waals surface area contributed by atoms with Crippen LogP contribution in [0.4, 0.5) is 26.3 Å². The fraction of sp³-hybridized carbons (Fsp3) is 0.545. The number of halogens is 6. The van der Waals surface area contributed by atoms with E-state index in [1.807, 2.05) is 0 Å². The van der Waals surface area contributed by atoms with E-state index in [1.165, 1.54) is 25.0 Å². The summed E-state index contributed by atoms with van der Waals surface area (Å²) in [5.74, 6) is -3.75. The Hall–Kier alpha value is -1.92. The molecule has 2 aliphatic rings. The van der Waals surface area contributed by atoms with E-state index in [1.54, 1.807) is 0 Å². The van der Waals surface area contributed by atoms with Crippen molar-refractivity contribution in [2.45, 2.75) is 57.7 Å². The van der Waals surface area contributed by atoms with Crippen molar-refractivity contribution < 1.29 is 31.1 Å². The molecule has 2 aromatic carbocycles. The second kappa shape index (κ2) is 7.40. The third-order valence-electron chi connectivity index (χ3n) is 6.63. The van der Waals surface area contributed by atoms with Crippen molar-refractivity contribution in [3.8, 4) is 5.75 Å². The molecular weight excluding hydrogens is 394 g/mol. The average Bonchev–Trinajstić information content (AvgIpc) is 2.63. The molecule has 0 bridgehead atoms. The Morgan fingerprint density at radius 2 is 1.55 bits per heavy atom. The molecule has 158 valence electrons. The molecule has 2 saturated carbocycles. The number of alkyl halides is 3. The van der Waals surface area contributed by atoms with Crippen LogP contribution in [0.15, 0.2) is 18.2 Å². The molecule has 1 nitrogen and oxygen atoms in total. The van der Waals surface area contributed by atoms with E-state index in [0.717, 1.165) is 31.6 Å². The molecule has 0 spiro atoms. The van der Waals surface area contributed by atoms with Gasteiger partial charge < -0.3 is 4.74 Å². The predicted molar refractivity (Wildman–Crippen MR) is 97.1 cm³/mol. The van der Waals surface area contributed by atoms with Gasteiger partial charge in [-0.25, -0.2) is 13.2 Å². The van der Waals surface area contributed by atoms with E-state index < -0.39 is 34.9 Å². The fourth-order valence-corrected chi connectivity index (χ4v) is 5.29. The Balaban J connectivity index is 1.67. The number of rotatable bonds is 2. The van der Waals surface area contributed by atoms with Crippen molar-refractivity contribution >= 4 is 10.8 Å². The third kappa shape index (κ3) is 4.05. The Morgan fingerprint density at radius 1 is 0.862 bits per heavy atom. The van der Waals surface area contributed by atoms with E-state index in [4.69, 9.17) is 0 Å². The molecule has 0 aromatic heterocycles. The van der Waals surface area contributed by atoms with Gasteiger partial charge in [-0.1, -0.05) is 19.4 Å². The van der Waals surface area contributed by atoms with Gasteiger partial charge in [0.2, 0.25) is 5.75 Å². The predicted octanol–water partition coefficient (Wildman–Crippen LogP) is 7.48. The lowest BCUT2D eigenvalue weighted by molar-refractivity contribution is -0.276. The van der Waals surface area contributed by atoms with Gasteiger partial charge >= 0.3 is 6.36 Å². The summed E-state index contributed by atoms with van der Waals surface area (Å²) in [6.07, 6.45) is 1.07. The molecule has 0 radical (unpaired) electrons. The summed E-state index contributed by atoms with van der Waals surface area (Å²) in [4.78, 5) is 0. The molecule has 2 aromatic rings. The Morgan fingerprint density at radius 3 is 2.28 bits per heavy atom. The largest absolute Gasteiger partial charge is 0.573 e. The summed E-state index contributed by atoms with van der Waals surface area (Å²) in [5, 5.41) is -0.779. The summed E-state index contributed by atoms with van der Waals surface area (Å²) in [7, 11) is 0. The SMILES string of the molecule is C[C@@H]1CC[C@@H]2CC(c3cc(F)c4c(F)c(OC(F)(F)F)c(F)cc4c3)CCC2C1. The number of benzene rings is 2. The van der Waals surface area contributed by atoms with Crippen LogP contribution in [0.3, 0.4) is 0 Å². The minimum absolute atomic E-state index is 0.0841. The summed E-state index contributed by atoms with van der Waals surface area (Å²) in [5.41, 5.74) is 0.648. The molecule has 0 heterocycles. The van der Waals surface area contributed by atoms with Crippen LogP contribution in [-0.2, 0) is 0 Å². The smallest absolute Gasteiger partial charge is 0.399 e. The highest BCUT2D eigenvalue weighted by molar-refractivity contribution is 5.86. The van der Waals surface area contributed by atoms with E-state index in [0.29, 0.717) is 23.5 Å². The maximum absolute atomic E-state index is 14.7. The maximum Gasteiger partial charge on any atom is 0.573 e. The first-order valence-corrected chi connectivity index (χ1v) is 9.99. The Labute approximate surface area is 165 Å². The minimum Gasteiger partial charge on any atom is -0.399 e. The monoisotopic (exact) mass is 416 g/mol. The highest BCUT2D eigenvalue weighted by atomic mass is 19.4. The number of hydrogen-bond donors (Lipinski definition) is 0. The molecule has 2 fully saturated rings. The molecule has 0 N–H and O–H groups in total. The van der Waals surface area contributed by atoms with E-state index in [-0.39, 0.29) is 11.3 Å². The second-order valence-electron chi connectivity index (χ2n) is 8.60. The van der Waals surface area contributed by atoms with Crippen molar-refractivity contribution in [2.75, 3.05) is 0 Å². The first-order valence-electron chi connectivity index (χ1n) is 9.99. The van der Waals surface area contributed by atoms with Gasteiger partial charge in [-0.05, 0) is 78.9 Å². The molecule has 0 saturated heterocycles. The molecule has 2 aliphatic carbocycles. The van der Waals surface area contributed by atoms with Crippen LogP contribution in [0, 0.1) is 35.2 Å². The quantitative estimate of drug-likeness (QED) is 0.461. The zero-order chi connectivity index (χ0) is 20.9. The van der Waals surface area contributed by atoms with Crippen LogP contribution in [0.2, 0.25) is 0 Å². The van der Waals surface area contributed by atoms with Crippen molar-refractivity contribution in [1.82, 2.24) is 0 Å². The van der Waals surface area contributed by atoms with Crippen molar-refractivity contribution in [3.05, 3.63) is 41.2 Å². The lowest BCUT2D eigenvalue weighted by Crippen LogP contribution is -2.29. The lowest BCUT2D eigenvalue weighted by atomic mass is 9.64. The minimum atomic E-state index is -5.28. The van der Waals surface area contributed by atoms with Crippen LogP contribution < -0.4 is 4.74 Å². The number of hydrogen-bond acceptors (Lipinski definition) is 1. The molecule has 29 heavy (non-hydrogen) atoms. The van der Waals surface area contributed by atoms with Gasteiger partial charge in [-0.2, -0.15) is 0 Å². The Bertz CT molecular complexity index is 922. The first kappa shape index (κ1) is 20.4. The summed E-state index contributed by atoms with van der Waals surface area (Å²) in [6, 6.07) is 3.38. The molecule has 0 aliphatic heterocycles. The van der Waals surface area contributed by atoms with Crippen LogP contribution in [0.25, 0.3) is 10.8 Å². The van der Waals surface area contributed by atoms with E-state index in [9.17, 15) is 26.3 Å². The van der Waals surface area contributed by atoms with E-state index >= 15 is 0 Å². The second-order valence-corrected chi connectivity index (χ2v) is 8.60. The Kier molecular flexibility index (Phi) is 5.20. The standard InChI is InChI=1S/C22H22F6O/c1-11-2-3-13-7-14(5-4-12(13)6-11)15-8-16-10-18(24)21(29-22(26,27)28)20(25)19(16)17(23)9-15/h8-14H,2-7H2,1H3/t11-,12?,13-,14?/m1/s1.